The van der Waals surface area contributed by atoms with E-state index in [1.807, 2.05) is 0 Å². The number of hydrogen-bond donors (Lipinski definition) is 0. The van der Waals surface area contributed by atoms with Crippen LogP contribution in [0, 0.1) is 0 Å². The van der Waals surface area contributed by atoms with Crippen molar-refractivity contribution < 1.29 is 19.1 Å². The van der Waals surface area contributed by atoms with Crippen molar-refractivity contribution in [1.29, 1.82) is 0 Å². The molecule has 0 aliphatic rings. The number of hydrogen-bond acceptors (Lipinski definition) is 4. The fourth-order valence-electron chi connectivity index (χ4n) is 0.881. The van der Waals surface area contributed by atoms with Crippen LogP contribution in [-0.2, 0) is 19.1 Å². The SMILES string of the molecule is COC(=O)/C=C\CCCCC(=O)OC. The molecule has 0 radical (unpaired) electrons. The zero-order valence-electron chi connectivity index (χ0n) is 8.62. The monoisotopic (exact) mass is 200 g/mol. The summed E-state index contributed by atoms with van der Waals surface area (Å²) in [6.45, 7) is 0. The lowest BCUT2D eigenvalue weighted by Gasteiger charge is -1.96. The molecule has 4 nitrogen and oxygen atoms in total. The Labute approximate surface area is 83.9 Å². The lowest BCUT2D eigenvalue weighted by molar-refractivity contribution is -0.140. The molecule has 0 aromatic heterocycles. The molecule has 0 heterocycles. The highest BCUT2D eigenvalue weighted by Crippen LogP contribution is 2.01. The summed E-state index contributed by atoms with van der Waals surface area (Å²) in [5, 5.41) is 0. The first-order chi connectivity index (χ1) is 6.70. The Kier molecular flexibility index (Phi) is 7.50. The van der Waals surface area contributed by atoms with Gasteiger partial charge in [0.15, 0.2) is 0 Å². The third-order valence-corrected chi connectivity index (χ3v) is 1.68. The van der Waals surface area contributed by atoms with Crippen LogP contribution in [0.3, 0.4) is 0 Å². The Balaban J connectivity index is 3.33. The van der Waals surface area contributed by atoms with Crippen LogP contribution in [0.4, 0.5) is 0 Å². The number of unbranched alkanes of at least 4 members (excludes halogenated alkanes) is 2. The third-order valence-electron chi connectivity index (χ3n) is 1.68. The average Bonchev–Trinajstić information content (AvgIpc) is 2.22. The summed E-state index contributed by atoms with van der Waals surface area (Å²) in [6.07, 6.45) is 5.97. The van der Waals surface area contributed by atoms with Gasteiger partial charge in [-0.1, -0.05) is 6.08 Å². The molecule has 80 valence electrons. The van der Waals surface area contributed by atoms with Crippen LogP contribution in [0.25, 0.3) is 0 Å². The Morgan fingerprint density at radius 3 is 2.43 bits per heavy atom. The Hall–Kier alpha value is -1.32. The van der Waals surface area contributed by atoms with Crippen LogP contribution in [0.2, 0.25) is 0 Å². The summed E-state index contributed by atoms with van der Waals surface area (Å²) in [5.41, 5.74) is 0. The largest absolute Gasteiger partial charge is 0.469 e. The highest BCUT2D eigenvalue weighted by atomic mass is 16.5. The molecule has 0 aromatic carbocycles. The van der Waals surface area contributed by atoms with E-state index < -0.39 is 0 Å². The molecule has 0 bridgehead atoms. The molecule has 0 aliphatic heterocycles. The van der Waals surface area contributed by atoms with Crippen molar-refractivity contribution in [2.45, 2.75) is 25.7 Å². The van der Waals surface area contributed by atoms with Crippen LogP contribution in [0.15, 0.2) is 12.2 Å². The van der Waals surface area contributed by atoms with Gasteiger partial charge < -0.3 is 9.47 Å². The molecule has 0 N–H and O–H groups in total. The van der Waals surface area contributed by atoms with Gasteiger partial charge in [-0.05, 0) is 19.3 Å². The van der Waals surface area contributed by atoms with E-state index in [0.717, 1.165) is 19.3 Å². The number of methoxy groups -OCH3 is 2. The zero-order valence-corrected chi connectivity index (χ0v) is 8.62. The van der Waals surface area contributed by atoms with E-state index in [4.69, 9.17) is 0 Å². The fourth-order valence-corrected chi connectivity index (χ4v) is 0.881. The highest BCUT2D eigenvalue weighted by molar-refractivity contribution is 5.81. The lowest BCUT2D eigenvalue weighted by atomic mass is 10.2. The van der Waals surface area contributed by atoms with Crippen molar-refractivity contribution in [3.8, 4) is 0 Å². The quantitative estimate of drug-likeness (QED) is 0.370. The first-order valence-corrected chi connectivity index (χ1v) is 4.52. The molecular formula is C10H16O4. The van der Waals surface area contributed by atoms with Gasteiger partial charge in [-0.25, -0.2) is 4.79 Å². The van der Waals surface area contributed by atoms with Crippen molar-refractivity contribution in [3.63, 3.8) is 0 Å². The molecule has 14 heavy (non-hydrogen) atoms. The molecule has 0 aliphatic carbocycles. The van der Waals surface area contributed by atoms with E-state index in [-0.39, 0.29) is 11.9 Å². The number of ether oxygens (including phenoxy) is 2. The van der Waals surface area contributed by atoms with Crippen molar-refractivity contribution in [3.05, 3.63) is 12.2 Å². The molecular weight excluding hydrogens is 184 g/mol. The molecule has 0 atom stereocenters. The molecule has 0 spiro atoms. The van der Waals surface area contributed by atoms with Crippen LogP contribution in [0.5, 0.6) is 0 Å². The number of rotatable bonds is 6. The summed E-state index contributed by atoms with van der Waals surface area (Å²) >= 11 is 0. The zero-order chi connectivity index (χ0) is 10.8. The average molecular weight is 200 g/mol. The third kappa shape index (κ3) is 7.34. The normalized spacial score (nSPS) is 10.1. The molecule has 0 fully saturated rings. The second kappa shape index (κ2) is 8.29. The predicted molar refractivity (Wildman–Crippen MR) is 51.6 cm³/mol. The van der Waals surface area contributed by atoms with Crippen LogP contribution in [-0.4, -0.2) is 26.2 Å². The van der Waals surface area contributed by atoms with Gasteiger partial charge in [0.05, 0.1) is 14.2 Å². The topological polar surface area (TPSA) is 52.6 Å². The van der Waals surface area contributed by atoms with Crippen molar-refractivity contribution in [2.75, 3.05) is 14.2 Å². The van der Waals surface area contributed by atoms with Crippen LogP contribution in [0.1, 0.15) is 25.7 Å². The van der Waals surface area contributed by atoms with Gasteiger partial charge in [-0.3, -0.25) is 4.79 Å². The maximum Gasteiger partial charge on any atom is 0.330 e. The molecule has 0 rings (SSSR count). The minimum atomic E-state index is -0.349. The first-order valence-electron chi connectivity index (χ1n) is 4.52. The van der Waals surface area contributed by atoms with E-state index in [0.29, 0.717) is 6.42 Å². The summed E-state index contributed by atoms with van der Waals surface area (Å²) < 4.78 is 8.89. The minimum Gasteiger partial charge on any atom is -0.469 e. The van der Waals surface area contributed by atoms with Crippen LogP contribution < -0.4 is 0 Å². The molecule has 4 heteroatoms. The Bertz CT molecular complexity index is 208. The van der Waals surface area contributed by atoms with E-state index in [9.17, 15) is 9.59 Å². The van der Waals surface area contributed by atoms with Crippen molar-refractivity contribution in [1.82, 2.24) is 0 Å². The van der Waals surface area contributed by atoms with Crippen molar-refractivity contribution in [2.24, 2.45) is 0 Å². The second-order valence-corrected chi connectivity index (χ2v) is 2.75. The second-order valence-electron chi connectivity index (χ2n) is 2.75. The van der Waals surface area contributed by atoms with E-state index in [1.165, 1.54) is 20.3 Å². The highest BCUT2D eigenvalue weighted by Gasteiger charge is 1.97. The maximum atomic E-state index is 10.7. The van der Waals surface area contributed by atoms with Crippen LogP contribution >= 0.6 is 0 Å². The standard InChI is InChI=1S/C10H16O4/c1-13-9(11)7-5-3-4-6-8-10(12)14-2/h5,7H,3-4,6,8H2,1-2H3/b7-5-. The van der Waals surface area contributed by atoms with Gasteiger partial charge in [0.25, 0.3) is 0 Å². The van der Waals surface area contributed by atoms with Gasteiger partial charge in [-0.15, -0.1) is 0 Å². The summed E-state index contributed by atoms with van der Waals surface area (Å²) in [6, 6.07) is 0. The predicted octanol–water partition coefficient (Wildman–Crippen LogP) is 1.45. The van der Waals surface area contributed by atoms with Gasteiger partial charge in [0.2, 0.25) is 0 Å². The first kappa shape index (κ1) is 12.7. The number of carbonyl (C=O) groups is 2. The molecule has 0 unspecified atom stereocenters. The number of carbonyl (C=O) groups excluding carboxylic acids is 2. The molecule has 0 saturated heterocycles. The summed E-state index contributed by atoms with van der Waals surface area (Å²) in [7, 11) is 2.71. The minimum absolute atomic E-state index is 0.193. The van der Waals surface area contributed by atoms with Gasteiger partial charge in [0.1, 0.15) is 0 Å². The Morgan fingerprint density at radius 1 is 1.14 bits per heavy atom. The van der Waals surface area contributed by atoms with Crippen molar-refractivity contribution >= 4 is 11.9 Å². The molecule has 0 saturated carbocycles. The van der Waals surface area contributed by atoms with Gasteiger partial charge >= 0.3 is 11.9 Å². The molecule has 0 amide bonds. The lowest BCUT2D eigenvalue weighted by Crippen LogP contribution is -1.99. The smallest absolute Gasteiger partial charge is 0.330 e. The summed E-state index contributed by atoms with van der Waals surface area (Å²) in [5.74, 6) is -0.542. The molecule has 0 aromatic rings. The van der Waals surface area contributed by atoms with Gasteiger partial charge in [-0.2, -0.15) is 0 Å². The fraction of sp³-hybridized carbons (Fsp3) is 0.600. The van der Waals surface area contributed by atoms with Gasteiger partial charge in [0, 0.05) is 12.5 Å². The Morgan fingerprint density at radius 2 is 1.86 bits per heavy atom. The number of esters is 2. The van der Waals surface area contributed by atoms with E-state index in [2.05, 4.69) is 9.47 Å². The van der Waals surface area contributed by atoms with E-state index >= 15 is 0 Å². The summed E-state index contributed by atoms with van der Waals surface area (Å²) in [4.78, 5) is 21.3. The maximum absolute atomic E-state index is 10.7. The van der Waals surface area contributed by atoms with E-state index in [1.54, 1.807) is 6.08 Å². The number of allylic oxidation sites excluding steroid dienone is 1.